The Kier molecular flexibility index (Phi) is 3.50. The van der Waals surface area contributed by atoms with Crippen LogP contribution in [0.3, 0.4) is 0 Å². The van der Waals surface area contributed by atoms with Gasteiger partial charge >= 0.3 is 5.97 Å². The molecule has 1 aromatic rings. The molecule has 2 aliphatic rings. The van der Waals surface area contributed by atoms with Crippen molar-refractivity contribution in [1.82, 2.24) is 4.90 Å². The molecule has 2 heterocycles. The maximum atomic E-state index is 11.1. The Morgan fingerprint density at radius 1 is 1.40 bits per heavy atom. The van der Waals surface area contributed by atoms with Gasteiger partial charge in [-0.3, -0.25) is 9.69 Å². The highest BCUT2D eigenvalue weighted by molar-refractivity contribution is 5.73. The van der Waals surface area contributed by atoms with E-state index in [1.807, 2.05) is 4.90 Å². The molecule has 0 bridgehead atoms. The number of nitrogens with zero attached hydrogens (tertiary/aromatic N) is 1. The molecule has 1 fully saturated rings. The number of hydrogen-bond acceptors (Lipinski definition) is 5. The monoisotopic (exact) mass is 279 g/mol. The van der Waals surface area contributed by atoms with Gasteiger partial charge in [0.1, 0.15) is 6.04 Å². The van der Waals surface area contributed by atoms with Gasteiger partial charge in [0, 0.05) is 6.54 Å². The van der Waals surface area contributed by atoms with Crippen LogP contribution >= 0.6 is 0 Å². The number of aliphatic carboxylic acids is 1. The summed E-state index contributed by atoms with van der Waals surface area (Å²) in [6.07, 6.45) is 0.762. The van der Waals surface area contributed by atoms with Crippen LogP contribution in [0.25, 0.3) is 0 Å². The zero-order valence-electron chi connectivity index (χ0n) is 11.0. The summed E-state index contributed by atoms with van der Waals surface area (Å²) in [6.45, 7) is 1.22. The molecule has 3 rings (SSSR count). The first-order chi connectivity index (χ1) is 9.65. The second-order valence-corrected chi connectivity index (χ2v) is 5.12. The van der Waals surface area contributed by atoms with Crippen LogP contribution in [-0.2, 0) is 4.79 Å². The number of ether oxygens (including phenoxy) is 2. The number of β-amino-alcohol motifs (C(OH)–C–C–N with tert-alkyl or cyclic N) is 1. The number of rotatable bonds is 4. The molecule has 1 aromatic carbocycles. The van der Waals surface area contributed by atoms with Crippen LogP contribution in [0.2, 0.25) is 0 Å². The molecule has 0 saturated carbocycles. The number of carboxylic acids is 1. The Balaban J connectivity index is 1.70. The van der Waals surface area contributed by atoms with E-state index in [4.69, 9.17) is 14.6 Å². The number of fused-ring (bicyclic) bond motifs is 1. The number of carbonyl (C=O) groups is 1. The Hall–Kier alpha value is -1.79. The van der Waals surface area contributed by atoms with E-state index < -0.39 is 18.1 Å². The van der Waals surface area contributed by atoms with Gasteiger partial charge in [0.05, 0.1) is 6.10 Å². The van der Waals surface area contributed by atoms with Crippen molar-refractivity contribution in [2.75, 3.05) is 19.9 Å². The van der Waals surface area contributed by atoms with Crippen molar-refractivity contribution in [2.24, 2.45) is 0 Å². The van der Waals surface area contributed by atoms with E-state index in [2.05, 4.69) is 0 Å². The molecule has 108 valence electrons. The van der Waals surface area contributed by atoms with E-state index in [-0.39, 0.29) is 6.79 Å². The SMILES string of the molecule is O=C(O)C1CCCN1CC(O)c1ccc2c(c1)OCO2. The average molecular weight is 279 g/mol. The van der Waals surface area contributed by atoms with Gasteiger partial charge in [-0.05, 0) is 37.1 Å². The van der Waals surface area contributed by atoms with Gasteiger partial charge in [0.25, 0.3) is 0 Å². The quantitative estimate of drug-likeness (QED) is 0.856. The van der Waals surface area contributed by atoms with E-state index in [0.717, 1.165) is 6.42 Å². The van der Waals surface area contributed by atoms with Crippen LogP contribution in [0.5, 0.6) is 11.5 Å². The second kappa shape index (κ2) is 5.30. The normalized spacial score (nSPS) is 22.9. The maximum Gasteiger partial charge on any atom is 0.320 e. The van der Waals surface area contributed by atoms with Crippen LogP contribution in [0, 0.1) is 0 Å². The van der Waals surface area contributed by atoms with Gasteiger partial charge in [-0.15, -0.1) is 0 Å². The minimum atomic E-state index is -0.819. The minimum Gasteiger partial charge on any atom is -0.480 e. The van der Waals surface area contributed by atoms with Crippen molar-refractivity contribution < 1.29 is 24.5 Å². The van der Waals surface area contributed by atoms with Crippen molar-refractivity contribution in [3.8, 4) is 11.5 Å². The van der Waals surface area contributed by atoms with Crippen molar-refractivity contribution in [3.05, 3.63) is 23.8 Å². The first kappa shape index (κ1) is 13.2. The van der Waals surface area contributed by atoms with Crippen LogP contribution in [-0.4, -0.2) is 47.0 Å². The summed E-state index contributed by atoms with van der Waals surface area (Å²) in [5.41, 5.74) is 0.713. The smallest absolute Gasteiger partial charge is 0.320 e. The summed E-state index contributed by atoms with van der Waals surface area (Å²) < 4.78 is 10.5. The molecule has 2 aliphatic heterocycles. The fraction of sp³-hybridized carbons (Fsp3) is 0.500. The first-order valence-electron chi connectivity index (χ1n) is 6.69. The highest BCUT2D eigenvalue weighted by Crippen LogP contribution is 2.34. The molecule has 2 unspecified atom stereocenters. The molecule has 6 heteroatoms. The summed E-state index contributed by atoms with van der Waals surface area (Å²) in [5.74, 6) is 0.476. The third-order valence-electron chi connectivity index (χ3n) is 3.84. The summed E-state index contributed by atoms with van der Waals surface area (Å²) >= 11 is 0. The lowest BCUT2D eigenvalue weighted by atomic mass is 10.1. The lowest BCUT2D eigenvalue weighted by Gasteiger charge is -2.24. The van der Waals surface area contributed by atoms with E-state index in [0.29, 0.717) is 36.6 Å². The fourth-order valence-corrected chi connectivity index (χ4v) is 2.77. The Morgan fingerprint density at radius 3 is 3.00 bits per heavy atom. The standard InChI is InChI=1S/C14H17NO5/c16-11(7-15-5-1-2-10(15)14(17)18)9-3-4-12-13(6-9)20-8-19-12/h3-4,6,10-11,16H,1-2,5,7-8H2,(H,17,18). The van der Waals surface area contributed by atoms with Crippen LogP contribution in [0.1, 0.15) is 24.5 Å². The molecular weight excluding hydrogens is 262 g/mol. The van der Waals surface area contributed by atoms with Crippen LogP contribution < -0.4 is 9.47 Å². The molecule has 0 amide bonds. The molecule has 0 spiro atoms. The van der Waals surface area contributed by atoms with Gasteiger partial charge in [-0.1, -0.05) is 6.07 Å². The van der Waals surface area contributed by atoms with Crippen molar-refractivity contribution >= 4 is 5.97 Å². The lowest BCUT2D eigenvalue weighted by Crippen LogP contribution is -2.38. The molecule has 0 aromatic heterocycles. The highest BCUT2D eigenvalue weighted by Gasteiger charge is 2.32. The van der Waals surface area contributed by atoms with Gasteiger partial charge < -0.3 is 19.7 Å². The number of aliphatic hydroxyl groups is 1. The molecule has 20 heavy (non-hydrogen) atoms. The topological polar surface area (TPSA) is 79.2 Å². The predicted octanol–water partition coefficient (Wildman–Crippen LogP) is 0.998. The molecular formula is C14H17NO5. The molecule has 2 N–H and O–H groups in total. The van der Waals surface area contributed by atoms with E-state index in [1.165, 1.54) is 0 Å². The van der Waals surface area contributed by atoms with E-state index in [9.17, 15) is 9.90 Å². The zero-order chi connectivity index (χ0) is 14.1. The summed E-state index contributed by atoms with van der Waals surface area (Å²) in [5, 5.41) is 19.4. The number of carboxylic acid groups (broad SMARTS) is 1. The molecule has 1 saturated heterocycles. The highest BCUT2D eigenvalue weighted by atomic mass is 16.7. The summed E-state index contributed by atoms with van der Waals surface area (Å²) in [6, 6.07) is 4.81. The second-order valence-electron chi connectivity index (χ2n) is 5.12. The Bertz CT molecular complexity index is 518. The van der Waals surface area contributed by atoms with Crippen molar-refractivity contribution in [2.45, 2.75) is 25.0 Å². The number of likely N-dealkylation sites (tertiary alicyclic amines) is 1. The van der Waals surface area contributed by atoms with Gasteiger partial charge in [-0.2, -0.15) is 0 Å². The Morgan fingerprint density at radius 2 is 2.20 bits per heavy atom. The number of benzene rings is 1. The van der Waals surface area contributed by atoms with Crippen LogP contribution in [0.4, 0.5) is 0 Å². The molecule has 2 atom stereocenters. The molecule has 6 nitrogen and oxygen atoms in total. The summed E-state index contributed by atoms with van der Waals surface area (Å²) in [4.78, 5) is 12.9. The summed E-state index contributed by atoms with van der Waals surface area (Å²) in [7, 11) is 0. The molecule has 0 radical (unpaired) electrons. The first-order valence-corrected chi connectivity index (χ1v) is 6.69. The van der Waals surface area contributed by atoms with E-state index in [1.54, 1.807) is 18.2 Å². The number of hydrogen-bond donors (Lipinski definition) is 2. The van der Waals surface area contributed by atoms with Gasteiger partial charge in [-0.25, -0.2) is 0 Å². The van der Waals surface area contributed by atoms with Crippen molar-refractivity contribution in [1.29, 1.82) is 0 Å². The largest absolute Gasteiger partial charge is 0.480 e. The average Bonchev–Trinajstić information content (AvgIpc) is 3.05. The third kappa shape index (κ3) is 2.44. The zero-order valence-corrected chi connectivity index (χ0v) is 11.0. The predicted molar refractivity (Wildman–Crippen MR) is 69.8 cm³/mol. The van der Waals surface area contributed by atoms with E-state index >= 15 is 0 Å². The van der Waals surface area contributed by atoms with Crippen LogP contribution in [0.15, 0.2) is 18.2 Å². The van der Waals surface area contributed by atoms with Crippen molar-refractivity contribution in [3.63, 3.8) is 0 Å². The Labute approximate surface area is 116 Å². The molecule has 0 aliphatic carbocycles. The minimum absolute atomic E-state index is 0.197. The lowest BCUT2D eigenvalue weighted by molar-refractivity contribution is -0.142. The fourth-order valence-electron chi connectivity index (χ4n) is 2.77. The van der Waals surface area contributed by atoms with Gasteiger partial charge in [0.15, 0.2) is 11.5 Å². The third-order valence-corrected chi connectivity index (χ3v) is 3.84. The maximum absolute atomic E-state index is 11.1. The van der Waals surface area contributed by atoms with Gasteiger partial charge in [0.2, 0.25) is 6.79 Å². The number of aliphatic hydroxyl groups excluding tert-OH is 1.